The fourth-order valence-electron chi connectivity index (χ4n) is 6.26. The Hall–Kier alpha value is -1.30. The number of benzene rings is 1. The standard InChI is InChI=1S/C20H23NO4.ClH/c22-13-4-3-12-9-15-20(24)6-5-14(23)18-19(20,16(12)17(13)25-18)7-8-21(15)10-11-1-2-11;/h3-4,11,15,18,22,24H,1-2,5-10H2;1H/t15-,18+,19-,20+;/m0./s1. The zero-order valence-electron chi connectivity index (χ0n) is 14.6. The Labute approximate surface area is 158 Å². The number of likely N-dealkylation sites (tertiary alicyclic amines) is 1. The minimum Gasteiger partial charge on any atom is -0.504 e. The number of phenolic OH excluding ortho intramolecular Hbond substituents is 1. The molecule has 5 aliphatic rings. The van der Waals surface area contributed by atoms with Gasteiger partial charge in [-0.3, -0.25) is 9.69 Å². The summed E-state index contributed by atoms with van der Waals surface area (Å²) in [5, 5.41) is 22.3. The van der Waals surface area contributed by atoms with E-state index in [1.54, 1.807) is 6.07 Å². The number of hydrogen-bond donors (Lipinski definition) is 2. The molecule has 1 aromatic carbocycles. The van der Waals surface area contributed by atoms with Gasteiger partial charge in [0, 0.05) is 24.6 Å². The van der Waals surface area contributed by atoms with Gasteiger partial charge >= 0.3 is 0 Å². The fraction of sp³-hybridized carbons (Fsp3) is 0.650. The summed E-state index contributed by atoms with van der Waals surface area (Å²) in [6, 6.07) is 3.69. The summed E-state index contributed by atoms with van der Waals surface area (Å²) < 4.78 is 6.04. The van der Waals surface area contributed by atoms with Crippen LogP contribution in [0.25, 0.3) is 0 Å². The number of phenols is 1. The molecule has 6 heteroatoms. The maximum atomic E-state index is 12.7. The Morgan fingerprint density at radius 1 is 1.27 bits per heavy atom. The van der Waals surface area contributed by atoms with Crippen molar-refractivity contribution in [3.8, 4) is 11.5 Å². The van der Waals surface area contributed by atoms with Crippen molar-refractivity contribution in [3.63, 3.8) is 0 Å². The monoisotopic (exact) mass is 377 g/mol. The molecule has 1 spiro atoms. The lowest BCUT2D eigenvalue weighted by Crippen LogP contribution is -2.76. The van der Waals surface area contributed by atoms with E-state index in [1.165, 1.54) is 12.8 Å². The van der Waals surface area contributed by atoms with Gasteiger partial charge in [0.1, 0.15) is 0 Å². The van der Waals surface area contributed by atoms with Gasteiger partial charge in [-0.2, -0.15) is 0 Å². The molecule has 5 nitrogen and oxygen atoms in total. The number of ether oxygens (including phenoxy) is 1. The first kappa shape index (κ1) is 16.8. The number of carbonyl (C=O) groups excluding carboxylic acids is 1. The van der Waals surface area contributed by atoms with Gasteiger partial charge in [0.05, 0.1) is 11.0 Å². The van der Waals surface area contributed by atoms with Crippen molar-refractivity contribution in [1.82, 2.24) is 4.90 Å². The molecule has 2 N–H and O–H groups in total. The first-order valence-corrected chi connectivity index (χ1v) is 9.56. The molecule has 3 fully saturated rings. The highest BCUT2D eigenvalue weighted by Crippen LogP contribution is 2.64. The summed E-state index contributed by atoms with van der Waals surface area (Å²) in [6.45, 7) is 1.95. The molecule has 0 amide bonds. The summed E-state index contributed by atoms with van der Waals surface area (Å²) in [5.74, 6) is 1.39. The third kappa shape index (κ3) is 1.77. The van der Waals surface area contributed by atoms with E-state index < -0.39 is 17.1 Å². The maximum absolute atomic E-state index is 12.7. The Bertz CT molecular complexity index is 809. The topological polar surface area (TPSA) is 70.0 Å². The van der Waals surface area contributed by atoms with Crippen LogP contribution in [-0.2, 0) is 16.6 Å². The Kier molecular flexibility index (Phi) is 3.34. The van der Waals surface area contributed by atoms with Crippen molar-refractivity contribution in [2.24, 2.45) is 5.92 Å². The number of rotatable bonds is 2. The number of Topliss-reactive ketones (excluding diaryl/α,β-unsaturated/α-hetero) is 1. The van der Waals surface area contributed by atoms with Crippen LogP contribution < -0.4 is 4.74 Å². The van der Waals surface area contributed by atoms with E-state index in [-0.39, 0.29) is 30.0 Å². The molecule has 2 saturated carbocycles. The quantitative estimate of drug-likeness (QED) is 0.824. The normalized spacial score (nSPS) is 39.8. The molecule has 6 rings (SSSR count). The van der Waals surface area contributed by atoms with Gasteiger partial charge < -0.3 is 14.9 Å². The Morgan fingerprint density at radius 2 is 2.08 bits per heavy atom. The summed E-state index contributed by atoms with van der Waals surface area (Å²) in [4.78, 5) is 15.2. The van der Waals surface area contributed by atoms with Crippen molar-refractivity contribution < 1.29 is 19.7 Å². The molecule has 140 valence electrons. The second kappa shape index (κ2) is 5.15. The van der Waals surface area contributed by atoms with Gasteiger partial charge in [-0.1, -0.05) is 6.07 Å². The number of ketones is 1. The molecule has 3 aliphatic carbocycles. The molecular weight excluding hydrogens is 354 g/mol. The van der Waals surface area contributed by atoms with Crippen molar-refractivity contribution in [2.75, 3.05) is 13.1 Å². The van der Waals surface area contributed by atoms with E-state index in [0.717, 1.165) is 43.0 Å². The largest absolute Gasteiger partial charge is 0.504 e. The summed E-state index contributed by atoms with van der Waals surface area (Å²) in [6.07, 6.45) is 4.33. The molecule has 26 heavy (non-hydrogen) atoms. The van der Waals surface area contributed by atoms with Gasteiger partial charge in [0.25, 0.3) is 0 Å². The van der Waals surface area contributed by atoms with Gasteiger partial charge in [0.15, 0.2) is 23.4 Å². The third-order valence-electron chi connectivity index (χ3n) is 7.56. The van der Waals surface area contributed by atoms with Crippen molar-refractivity contribution >= 4 is 18.2 Å². The van der Waals surface area contributed by atoms with Crippen LogP contribution in [0.4, 0.5) is 0 Å². The van der Waals surface area contributed by atoms with Crippen LogP contribution in [-0.4, -0.2) is 51.7 Å². The number of nitrogens with zero attached hydrogens (tertiary/aromatic N) is 1. The molecule has 2 heterocycles. The van der Waals surface area contributed by atoms with Gasteiger partial charge in [-0.05, 0) is 56.2 Å². The average molecular weight is 378 g/mol. The number of piperidine rings is 1. The third-order valence-corrected chi connectivity index (χ3v) is 7.56. The lowest BCUT2D eigenvalue weighted by Gasteiger charge is -2.62. The summed E-state index contributed by atoms with van der Waals surface area (Å²) in [5.41, 5.74) is 0.454. The van der Waals surface area contributed by atoms with Crippen LogP contribution in [0, 0.1) is 5.92 Å². The van der Waals surface area contributed by atoms with E-state index in [9.17, 15) is 15.0 Å². The van der Waals surface area contributed by atoms with Crippen LogP contribution in [0.15, 0.2) is 12.1 Å². The second-order valence-electron chi connectivity index (χ2n) is 8.72. The van der Waals surface area contributed by atoms with Gasteiger partial charge in [-0.25, -0.2) is 0 Å². The maximum Gasteiger partial charge on any atom is 0.174 e. The lowest BCUT2D eigenvalue weighted by atomic mass is 9.49. The SMILES string of the molecule is Cl.O=C1CC[C@@]2(O)[C@@H]3Cc4ccc(O)c5c4[C@@]2(CCN3CC2CC2)[C@@H]1O5. The van der Waals surface area contributed by atoms with Crippen molar-refractivity contribution in [1.29, 1.82) is 0 Å². The van der Waals surface area contributed by atoms with E-state index >= 15 is 0 Å². The van der Waals surface area contributed by atoms with Crippen molar-refractivity contribution in [3.05, 3.63) is 23.3 Å². The lowest BCUT2D eigenvalue weighted by molar-refractivity contribution is -0.188. The summed E-state index contributed by atoms with van der Waals surface area (Å²) in [7, 11) is 0. The predicted molar refractivity (Wildman–Crippen MR) is 97.0 cm³/mol. The number of halogens is 1. The van der Waals surface area contributed by atoms with Gasteiger partial charge in [0.2, 0.25) is 0 Å². The number of aliphatic hydroxyl groups is 1. The number of aromatic hydroxyl groups is 1. The Morgan fingerprint density at radius 3 is 2.85 bits per heavy atom. The first-order chi connectivity index (χ1) is 12.0. The summed E-state index contributed by atoms with van der Waals surface area (Å²) >= 11 is 0. The fourth-order valence-corrected chi connectivity index (χ4v) is 6.26. The minimum absolute atomic E-state index is 0. The molecule has 4 atom stereocenters. The molecule has 2 bridgehead atoms. The first-order valence-electron chi connectivity index (χ1n) is 9.56. The molecule has 1 aromatic rings. The molecule has 2 aliphatic heterocycles. The van der Waals surface area contributed by atoms with Gasteiger partial charge in [-0.15, -0.1) is 12.4 Å². The van der Waals surface area contributed by atoms with Crippen LogP contribution >= 0.6 is 12.4 Å². The zero-order chi connectivity index (χ0) is 17.0. The molecule has 1 saturated heterocycles. The van der Waals surface area contributed by atoms with Crippen LogP contribution in [0.5, 0.6) is 11.5 Å². The van der Waals surface area contributed by atoms with E-state index in [4.69, 9.17) is 4.74 Å². The second-order valence-corrected chi connectivity index (χ2v) is 8.72. The highest BCUT2D eigenvalue weighted by Gasteiger charge is 2.73. The van der Waals surface area contributed by atoms with E-state index in [2.05, 4.69) is 4.90 Å². The van der Waals surface area contributed by atoms with Crippen LogP contribution in [0.3, 0.4) is 0 Å². The zero-order valence-corrected chi connectivity index (χ0v) is 15.4. The minimum atomic E-state index is -0.940. The number of carbonyl (C=O) groups is 1. The highest BCUT2D eigenvalue weighted by atomic mass is 35.5. The predicted octanol–water partition coefficient (Wildman–Crippen LogP) is 1.95. The molecule has 0 unspecified atom stereocenters. The van der Waals surface area contributed by atoms with E-state index in [1.807, 2.05) is 6.07 Å². The molecule has 0 radical (unpaired) electrons. The smallest absolute Gasteiger partial charge is 0.174 e. The average Bonchev–Trinajstić information content (AvgIpc) is 3.32. The number of hydrogen-bond acceptors (Lipinski definition) is 5. The van der Waals surface area contributed by atoms with Crippen LogP contribution in [0.1, 0.15) is 43.2 Å². The van der Waals surface area contributed by atoms with Crippen molar-refractivity contribution in [2.45, 2.75) is 61.7 Å². The molecule has 0 aromatic heterocycles. The Balaban J connectivity index is 0.00000150. The van der Waals surface area contributed by atoms with Crippen LogP contribution in [0.2, 0.25) is 0 Å². The highest BCUT2D eigenvalue weighted by molar-refractivity contribution is 5.90. The molecular formula is C20H24ClNO4. The van der Waals surface area contributed by atoms with E-state index in [0.29, 0.717) is 18.6 Å².